The Bertz CT molecular complexity index is 2200. The molecule has 8 rings (SSSR count). The molecule has 3 aromatic carbocycles. The molecule has 0 fully saturated rings. The summed E-state index contributed by atoms with van der Waals surface area (Å²) in [5, 5.41) is 17.4. The number of ketones is 1. The molecule has 1 radical (unpaired) electrons. The topological polar surface area (TPSA) is 77.3 Å². The van der Waals surface area contributed by atoms with Crippen LogP contribution in [-0.4, -0.2) is 34.6 Å². The van der Waals surface area contributed by atoms with Gasteiger partial charge >= 0.3 is 0 Å². The molecule has 7 nitrogen and oxygen atoms in total. The zero-order chi connectivity index (χ0) is 28.1. The molecule has 0 amide bonds. The fourth-order valence-corrected chi connectivity index (χ4v) is 6.33. The summed E-state index contributed by atoms with van der Waals surface area (Å²) in [7, 11) is 0. The number of thiophene rings is 1. The van der Waals surface area contributed by atoms with Crippen LogP contribution in [0.1, 0.15) is 13.8 Å². The molecule has 0 aliphatic rings. The maximum Gasteiger partial charge on any atom is 0.155 e. The van der Waals surface area contributed by atoms with Gasteiger partial charge in [0.1, 0.15) is 0 Å². The molecule has 209 valence electrons. The van der Waals surface area contributed by atoms with Crippen molar-refractivity contribution in [2.75, 3.05) is 0 Å². The van der Waals surface area contributed by atoms with Crippen molar-refractivity contribution in [3.63, 3.8) is 0 Å². The number of benzene rings is 3. The molecule has 0 saturated heterocycles. The number of rotatable bonds is 3. The van der Waals surface area contributed by atoms with Crippen LogP contribution < -0.4 is 0 Å². The van der Waals surface area contributed by atoms with Crippen LogP contribution in [0.5, 0.6) is 0 Å². The van der Waals surface area contributed by atoms with Crippen LogP contribution in [0.4, 0.5) is 0 Å². The van der Waals surface area contributed by atoms with E-state index in [4.69, 9.17) is 10.1 Å². The van der Waals surface area contributed by atoms with Crippen molar-refractivity contribution in [1.29, 1.82) is 0 Å². The minimum Gasteiger partial charge on any atom is -0.512 e. The van der Waals surface area contributed by atoms with Gasteiger partial charge in [0.2, 0.25) is 0 Å². The van der Waals surface area contributed by atoms with Gasteiger partial charge in [-0.1, -0.05) is 52.7 Å². The van der Waals surface area contributed by atoms with Gasteiger partial charge in [0.05, 0.1) is 34.2 Å². The second-order valence-electron chi connectivity index (χ2n) is 9.78. The predicted octanol–water partition coefficient (Wildman–Crippen LogP) is 7.82. The summed E-state index contributed by atoms with van der Waals surface area (Å²) in [6.07, 6.45) is 4.91. The molecule has 1 N–H and O–H groups in total. The van der Waals surface area contributed by atoms with Crippen molar-refractivity contribution in [1.82, 2.24) is 23.7 Å². The van der Waals surface area contributed by atoms with Gasteiger partial charge in [-0.05, 0) is 50.2 Å². The average molecular weight is 747 g/mol. The molecule has 5 heterocycles. The fraction of sp³-hybridized carbons (Fsp3) is 0.0606. The first kappa shape index (κ1) is 27.6. The Balaban J connectivity index is 0.000000356. The van der Waals surface area contributed by atoms with Crippen LogP contribution in [0.15, 0.2) is 109 Å². The standard InChI is InChI=1S/C28H16N5S.C5H8O2.Ir/c1-3-10-22-20(8-1)21-9-2-4-11-23(21)32(22)19-7-5-6-18(16-19)31-17-29-26-24-12-14-30-33(24)25-13-15-34-28(25)27(26)31;1-4(6)3-5(2)7;/h1-12,14-17H;3,6H,1-2H3;/q-1;;/b;4-3-;. The largest absolute Gasteiger partial charge is 0.512 e. The van der Waals surface area contributed by atoms with E-state index in [1.54, 1.807) is 11.3 Å². The number of hydrogen-bond donors (Lipinski definition) is 1. The number of aliphatic hydroxyl groups is 1. The molecule has 0 aliphatic carbocycles. The SMILES string of the molecule is CC(=O)/C=C(/C)O.[Ir].[c-]1csc2c3c(ncn3-c3cccc(-n4c5ccccc5c5ccccc54)c3)c3ccnn3c12. The van der Waals surface area contributed by atoms with Crippen molar-refractivity contribution in [2.24, 2.45) is 0 Å². The van der Waals surface area contributed by atoms with E-state index in [-0.39, 0.29) is 31.6 Å². The van der Waals surface area contributed by atoms with E-state index in [9.17, 15) is 4.79 Å². The summed E-state index contributed by atoms with van der Waals surface area (Å²) in [6.45, 7) is 2.85. The molecule has 0 bridgehead atoms. The van der Waals surface area contributed by atoms with Crippen LogP contribution in [0, 0.1) is 6.07 Å². The summed E-state index contributed by atoms with van der Waals surface area (Å²) in [4.78, 5) is 14.8. The number of imidazole rings is 1. The van der Waals surface area contributed by atoms with E-state index in [1.165, 1.54) is 41.7 Å². The van der Waals surface area contributed by atoms with Crippen molar-refractivity contribution in [2.45, 2.75) is 13.8 Å². The Morgan fingerprint density at radius 1 is 0.905 bits per heavy atom. The van der Waals surface area contributed by atoms with E-state index < -0.39 is 0 Å². The Hall–Kier alpha value is -4.56. The van der Waals surface area contributed by atoms with E-state index in [0.717, 1.165) is 38.1 Å². The summed E-state index contributed by atoms with van der Waals surface area (Å²) < 4.78 is 7.59. The van der Waals surface area contributed by atoms with Crippen LogP contribution in [0.2, 0.25) is 0 Å². The molecule has 5 aromatic heterocycles. The number of para-hydroxylation sites is 2. The summed E-state index contributed by atoms with van der Waals surface area (Å²) in [5.41, 5.74) is 8.61. The van der Waals surface area contributed by atoms with Gasteiger partial charge in [0.25, 0.3) is 0 Å². The predicted molar refractivity (Wildman–Crippen MR) is 165 cm³/mol. The molecular formula is C33H24IrN5O2S-. The van der Waals surface area contributed by atoms with Crippen molar-refractivity contribution < 1.29 is 30.0 Å². The van der Waals surface area contributed by atoms with Gasteiger partial charge in [0, 0.05) is 60.0 Å². The molecule has 0 aliphatic heterocycles. The first-order valence-corrected chi connectivity index (χ1v) is 14.0. The van der Waals surface area contributed by atoms with Gasteiger partial charge < -0.3 is 14.2 Å². The zero-order valence-corrected chi connectivity index (χ0v) is 25.9. The molecule has 0 spiro atoms. The normalized spacial score (nSPS) is 11.7. The second kappa shape index (κ2) is 11.0. The molecule has 0 saturated carbocycles. The van der Waals surface area contributed by atoms with Crippen LogP contribution in [0.3, 0.4) is 0 Å². The van der Waals surface area contributed by atoms with Crippen molar-refractivity contribution in [3.8, 4) is 11.4 Å². The van der Waals surface area contributed by atoms with E-state index in [2.05, 4.69) is 93.1 Å². The zero-order valence-electron chi connectivity index (χ0n) is 22.6. The van der Waals surface area contributed by atoms with Gasteiger partial charge in [0.15, 0.2) is 5.78 Å². The minimum atomic E-state index is -0.125. The Morgan fingerprint density at radius 3 is 2.26 bits per heavy atom. The first-order valence-electron chi connectivity index (χ1n) is 13.1. The number of aromatic nitrogens is 5. The van der Waals surface area contributed by atoms with Crippen molar-refractivity contribution >= 4 is 65.7 Å². The number of pyridine rings is 1. The molecular weight excluding hydrogens is 723 g/mol. The smallest absolute Gasteiger partial charge is 0.155 e. The third kappa shape index (κ3) is 4.52. The second-order valence-corrected chi connectivity index (χ2v) is 10.7. The monoisotopic (exact) mass is 747 g/mol. The van der Waals surface area contributed by atoms with E-state index in [1.807, 2.05) is 28.5 Å². The quantitative estimate of drug-likeness (QED) is 0.114. The number of aliphatic hydroxyl groups excluding tert-OH is 1. The fourth-order valence-electron chi connectivity index (χ4n) is 5.48. The Labute approximate surface area is 258 Å². The van der Waals surface area contributed by atoms with Gasteiger partial charge in [-0.3, -0.25) is 20.6 Å². The van der Waals surface area contributed by atoms with E-state index in [0.29, 0.717) is 0 Å². The maximum absolute atomic E-state index is 10.0. The van der Waals surface area contributed by atoms with Crippen LogP contribution in [0.25, 0.3) is 59.9 Å². The molecule has 0 unspecified atom stereocenters. The number of carbonyl (C=O) groups excluding carboxylic acids is 1. The van der Waals surface area contributed by atoms with Crippen LogP contribution in [-0.2, 0) is 24.9 Å². The average Bonchev–Trinajstić information content (AvgIpc) is 3.76. The molecule has 0 atom stereocenters. The number of allylic oxidation sites excluding steroid dienone is 2. The minimum absolute atomic E-state index is 0. The first-order chi connectivity index (χ1) is 20.0. The summed E-state index contributed by atoms with van der Waals surface area (Å²) >= 11 is 1.67. The summed E-state index contributed by atoms with van der Waals surface area (Å²) in [6, 6.07) is 31.2. The molecule has 8 aromatic rings. The van der Waals surface area contributed by atoms with Gasteiger partial charge in [-0.2, -0.15) is 5.10 Å². The Morgan fingerprint density at radius 2 is 1.60 bits per heavy atom. The molecule has 9 heteroatoms. The number of nitrogens with zero attached hydrogens (tertiary/aromatic N) is 5. The van der Waals surface area contributed by atoms with E-state index >= 15 is 0 Å². The third-order valence-electron chi connectivity index (χ3n) is 7.03. The number of fused-ring (bicyclic) bond motifs is 9. The summed E-state index contributed by atoms with van der Waals surface area (Å²) in [5.74, 6) is -0.0625. The Kier molecular flexibility index (Phi) is 7.24. The number of hydrogen-bond acceptors (Lipinski definition) is 5. The number of carbonyl (C=O) groups is 1. The van der Waals surface area contributed by atoms with Crippen molar-refractivity contribution in [3.05, 3.63) is 115 Å². The van der Waals surface area contributed by atoms with Gasteiger partial charge in [-0.15, -0.1) is 5.38 Å². The van der Waals surface area contributed by atoms with Gasteiger partial charge in [-0.25, -0.2) is 11.1 Å². The molecule has 42 heavy (non-hydrogen) atoms. The maximum atomic E-state index is 10.0. The van der Waals surface area contributed by atoms with Crippen LogP contribution >= 0.6 is 11.3 Å². The third-order valence-corrected chi connectivity index (χ3v) is 7.88.